The predicted molar refractivity (Wildman–Crippen MR) is 121 cm³/mol. The number of nitrogens with one attached hydrogen (secondary N) is 3. The highest BCUT2D eigenvalue weighted by Crippen LogP contribution is 2.31. The SMILES string of the molecule is CC(OC(=O)[C@H](C)NS(=O)(=O)c1ccc2c(c1)OCCCO2)C(=O)NC(=O)Nc1ccccc1. The second-order valence-corrected chi connectivity index (χ2v) is 9.10. The van der Waals surface area contributed by atoms with Crippen molar-refractivity contribution in [3.8, 4) is 11.5 Å². The van der Waals surface area contributed by atoms with Crippen LogP contribution in [0.5, 0.6) is 11.5 Å². The van der Waals surface area contributed by atoms with E-state index in [0.29, 0.717) is 31.1 Å². The number of benzene rings is 2. The van der Waals surface area contributed by atoms with Gasteiger partial charge in [-0.2, -0.15) is 4.72 Å². The van der Waals surface area contributed by atoms with E-state index < -0.39 is 40.1 Å². The standard InChI is InChI=1S/C22H25N3O8S/c1-14(25-34(29,30)17-9-10-18-19(13-17)32-12-6-11-31-18)21(27)33-15(2)20(26)24-22(28)23-16-7-4-3-5-8-16/h3-5,7-10,13-15,25H,6,11-12H2,1-2H3,(H2,23,24,26,28)/t14-,15?/m0/s1. The van der Waals surface area contributed by atoms with E-state index >= 15 is 0 Å². The summed E-state index contributed by atoms with van der Waals surface area (Å²) in [5.41, 5.74) is 0.468. The Hall–Kier alpha value is -3.64. The highest BCUT2D eigenvalue weighted by atomic mass is 32.2. The molecule has 34 heavy (non-hydrogen) atoms. The molecular formula is C22H25N3O8S. The molecule has 0 spiro atoms. The highest BCUT2D eigenvalue weighted by Gasteiger charge is 2.28. The average molecular weight is 492 g/mol. The van der Waals surface area contributed by atoms with Crippen LogP contribution in [0.4, 0.5) is 10.5 Å². The topological polar surface area (TPSA) is 149 Å². The fourth-order valence-electron chi connectivity index (χ4n) is 2.89. The number of anilines is 1. The van der Waals surface area contributed by atoms with Crippen LogP contribution in [0.1, 0.15) is 20.3 Å². The Kier molecular flexibility index (Phi) is 8.08. The van der Waals surface area contributed by atoms with E-state index in [0.717, 1.165) is 0 Å². The summed E-state index contributed by atoms with van der Waals surface area (Å²) in [5, 5.41) is 4.51. The molecule has 2 aromatic carbocycles. The lowest BCUT2D eigenvalue weighted by molar-refractivity contribution is -0.155. The van der Waals surface area contributed by atoms with Crippen LogP contribution >= 0.6 is 0 Å². The number of fused-ring (bicyclic) bond motifs is 1. The van der Waals surface area contributed by atoms with Crippen LogP contribution in [0.3, 0.4) is 0 Å². The number of urea groups is 1. The summed E-state index contributed by atoms with van der Waals surface area (Å²) in [6.45, 7) is 3.37. The second-order valence-electron chi connectivity index (χ2n) is 7.39. The van der Waals surface area contributed by atoms with Crippen LogP contribution in [-0.4, -0.2) is 51.7 Å². The van der Waals surface area contributed by atoms with E-state index in [-0.39, 0.29) is 10.6 Å². The first kappa shape index (κ1) is 25.0. The summed E-state index contributed by atoms with van der Waals surface area (Å²) in [4.78, 5) is 36.3. The molecule has 0 saturated carbocycles. The van der Waals surface area contributed by atoms with E-state index in [1.165, 1.54) is 32.0 Å². The molecule has 0 saturated heterocycles. The van der Waals surface area contributed by atoms with E-state index in [9.17, 15) is 22.8 Å². The molecule has 2 aromatic rings. The molecule has 1 aliphatic heterocycles. The molecule has 11 nitrogen and oxygen atoms in total. The Morgan fingerprint density at radius 3 is 2.35 bits per heavy atom. The molecule has 2 atom stereocenters. The van der Waals surface area contributed by atoms with Gasteiger partial charge >= 0.3 is 12.0 Å². The second kappa shape index (κ2) is 11.0. The minimum Gasteiger partial charge on any atom is -0.490 e. The van der Waals surface area contributed by atoms with Crippen molar-refractivity contribution in [2.45, 2.75) is 37.3 Å². The zero-order chi connectivity index (χ0) is 24.7. The van der Waals surface area contributed by atoms with Gasteiger partial charge < -0.3 is 19.5 Å². The number of ether oxygens (including phenoxy) is 3. The number of sulfonamides is 1. The molecule has 0 aromatic heterocycles. The summed E-state index contributed by atoms with van der Waals surface area (Å²) < 4.78 is 43.6. The molecule has 1 unspecified atom stereocenters. The Balaban J connectivity index is 1.54. The fraction of sp³-hybridized carbons (Fsp3) is 0.318. The van der Waals surface area contributed by atoms with Crippen LogP contribution in [0.15, 0.2) is 53.4 Å². The van der Waals surface area contributed by atoms with Crippen molar-refractivity contribution in [1.82, 2.24) is 10.0 Å². The van der Waals surface area contributed by atoms with Gasteiger partial charge in [0.1, 0.15) is 6.04 Å². The summed E-state index contributed by atoms with van der Waals surface area (Å²) >= 11 is 0. The van der Waals surface area contributed by atoms with Crippen molar-refractivity contribution >= 4 is 33.6 Å². The molecule has 12 heteroatoms. The van der Waals surface area contributed by atoms with Crippen molar-refractivity contribution in [3.63, 3.8) is 0 Å². The summed E-state index contributed by atoms with van der Waals surface area (Å²) in [5.74, 6) is -1.15. The van der Waals surface area contributed by atoms with Crippen LogP contribution in [0.25, 0.3) is 0 Å². The van der Waals surface area contributed by atoms with E-state index in [2.05, 4.69) is 15.4 Å². The normalized spacial score (nSPS) is 14.8. The first-order valence-electron chi connectivity index (χ1n) is 10.4. The van der Waals surface area contributed by atoms with Crippen LogP contribution in [0.2, 0.25) is 0 Å². The molecule has 3 N–H and O–H groups in total. The number of amides is 3. The van der Waals surface area contributed by atoms with Crippen LogP contribution in [0, 0.1) is 0 Å². The molecule has 3 rings (SSSR count). The van der Waals surface area contributed by atoms with Crippen LogP contribution < -0.4 is 24.8 Å². The van der Waals surface area contributed by atoms with Gasteiger partial charge in [0.2, 0.25) is 10.0 Å². The van der Waals surface area contributed by atoms with Crippen molar-refractivity contribution in [1.29, 1.82) is 0 Å². The molecule has 0 bridgehead atoms. The van der Waals surface area contributed by atoms with Gasteiger partial charge in [0.05, 0.1) is 18.1 Å². The zero-order valence-corrected chi connectivity index (χ0v) is 19.4. The number of esters is 1. The van der Waals surface area contributed by atoms with Gasteiger partial charge in [-0.3, -0.25) is 14.9 Å². The Morgan fingerprint density at radius 1 is 0.971 bits per heavy atom. The van der Waals surface area contributed by atoms with E-state index in [4.69, 9.17) is 14.2 Å². The van der Waals surface area contributed by atoms with Gasteiger partial charge in [0.15, 0.2) is 17.6 Å². The summed E-state index contributed by atoms with van der Waals surface area (Å²) in [7, 11) is -4.11. The number of carbonyl (C=O) groups excluding carboxylic acids is 3. The lowest BCUT2D eigenvalue weighted by Crippen LogP contribution is -2.45. The number of imide groups is 1. The molecular weight excluding hydrogens is 466 g/mol. The maximum absolute atomic E-state index is 12.7. The Morgan fingerprint density at radius 2 is 1.65 bits per heavy atom. The molecule has 1 aliphatic rings. The minimum absolute atomic E-state index is 0.125. The first-order chi connectivity index (χ1) is 16.2. The molecule has 1 heterocycles. The van der Waals surface area contributed by atoms with Gasteiger partial charge in [-0.25, -0.2) is 13.2 Å². The van der Waals surface area contributed by atoms with Gasteiger partial charge in [-0.1, -0.05) is 18.2 Å². The number of para-hydroxylation sites is 1. The van der Waals surface area contributed by atoms with Crippen molar-refractivity contribution in [2.75, 3.05) is 18.5 Å². The van der Waals surface area contributed by atoms with E-state index in [1.807, 2.05) is 0 Å². The molecule has 182 valence electrons. The predicted octanol–water partition coefficient (Wildman–Crippen LogP) is 1.79. The third kappa shape index (κ3) is 6.68. The lowest BCUT2D eigenvalue weighted by atomic mass is 10.3. The summed E-state index contributed by atoms with van der Waals surface area (Å²) in [6, 6.07) is 10.4. The number of carbonyl (C=O) groups is 3. The van der Waals surface area contributed by atoms with Crippen molar-refractivity contribution < 1.29 is 37.0 Å². The Labute approximate surface area is 196 Å². The molecule has 0 fully saturated rings. The largest absolute Gasteiger partial charge is 0.490 e. The number of hydrogen-bond donors (Lipinski definition) is 3. The quantitative estimate of drug-likeness (QED) is 0.497. The first-order valence-corrected chi connectivity index (χ1v) is 11.9. The minimum atomic E-state index is -4.11. The van der Waals surface area contributed by atoms with Gasteiger partial charge in [-0.05, 0) is 38.1 Å². The van der Waals surface area contributed by atoms with Gasteiger partial charge in [0, 0.05) is 18.2 Å². The van der Waals surface area contributed by atoms with Gasteiger partial charge in [0.25, 0.3) is 5.91 Å². The summed E-state index contributed by atoms with van der Waals surface area (Å²) in [6.07, 6.45) is -0.684. The van der Waals surface area contributed by atoms with Crippen LogP contribution in [-0.2, 0) is 24.3 Å². The Bertz CT molecular complexity index is 1150. The monoisotopic (exact) mass is 491 g/mol. The third-order valence-electron chi connectivity index (χ3n) is 4.65. The molecule has 3 amide bonds. The molecule has 0 aliphatic carbocycles. The van der Waals surface area contributed by atoms with Gasteiger partial charge in [-0.15, -0.1) is 0 Å². The number of hydrogen-bond acceptors (Lipinski definition) is 8. The highest BCUT2D eigenvalue weighted by molar-refractivity contribution is 7.89. The third-order valence-corrected chi connectivity index (χ3v) is 6.18. The van der Waals surface area contributed by atoms with Crippen molar-refractivity contribution in [3.05, 3.63) is 48.5 Å². The number of rotatable bonds is 7. The average Bonchev–Trinajstić information content (AvgIpc) is 3.04. The van der Waals surface area contributed by atoms with E-state index in [1.54, 1.807) is 30.3 Å². The molecule has 0 radical (unpaired) electrons. The maximum atomic E-state index is 12.7. The zero-order valence-electron chi connectivity index (χ0n) is 18.6. The maximum Gasteiger partial charge on any atom is 0.325 e. The van der Waals surface area contributed by atoms with Crippen molar-refractivity contribution in [2.24, 2.45) is 0 Å². The lowest BCUT2D eigenvalue weighted by Gasteiger charge is -2.18. The fourth-order valence-corrected chi connectivity index (χ4v) is 4.09. The smallest absolute Gasteiger partial charge is 0.325 e.